The smallest absolute Gasteiger partial charge is 0.312 e. The van der Waals surface area contributed by atoms with Crippen LogP contribution in [0.1, 0.15) is 5.56 Å². The molecule has 1 heterocycles. The predicted molar refractivity (Wildman–Crippen MR) is 105 cm³/mol. The Morgan fingerprint density at radius 1 is 1.23 bits per heavy atom. The zero-order valence-electron chi connectivity index (χ0n) is 13.2. The molecule has 0 fully saturated rings. The van der Waals surface area contributed by atoms with Crippen LogP contribution in [-0.2, 0) is 0 Å². The number of pyridine rings is 1. The molecule has 0 aliphatic rings. The van der Waals surface area contributed by atoms with Crippen molar-refractivity contribution in [3.8, 4) is 34.1 Å². The molecule has 7 nitrogen and oxygen atoms in total. The number of rotatable bonds is 3. The molecule has 3 aromatic rings. The van der Waals surface area contributed by atoms with Crippen LogP contribution in [0.15, 0.2) is 48.7 Å². The second kappa shape index (κ2) is 6.97. The van der Waals surface area contributed by atoms with Crippen molar-refractivity contribution in [3.63, 3.8) is 0 Å². The summed E-state index contributed by atoms with van der Waals surface area (Å²) in [6.07, 6.45) is 1.53. The molecule has 0 amide bonds. The maximum atomic E-state index is 11.3. The third-order valence-electron chi connectivity index (χ3n) is 3.83. The molecule has 1 aromatic heterocycles. The molecule has 3 rings (SSSR count). The van der Waals surface area contributed by atoms with E-state index in [0.717, 1.165) is 5.56 Å². The van der Waals surface area contributed by atoms with E-state index < -0.39 is 16.4 Å². The molecule has 0 atom stereocenters. The Labute approximate surface area is 162 Å². The number of nitriles is 1. The van der Waals surface area contributed by atoms with E-state index in [1.165, 1.54) is 12.3 Å². The molecule has 3 N–H and O–H groups in total. The summed E-state index contributed by atoms with van der Waals surface area (Å²) in [6.45, 7) is 0. The summed E-state index contributed by atoms with van der Waals surface area (Å²) in [5, 5.41) is 30.8. The first-order valence-corrected chi connectivity index (χ1v) is 8.43. The molecule has 26 heavy (non-hydrogen) atoms. The van der Waals surface area contributed by atoms with Gasteiger partial charge in [-0.1, -0.05) is 30.3 Å². The van der Waals surface area contributed by atoms with Crippen molar-refractivity contribution in [2.24, 2.45) is 0 Å². The monoisotopic (exact) mass is 458 g/mol. The minimum Gasteiger partial charge on any atom is -0.501 e. The van der Waals surface area contributed by atoms with E-state index in [9.17, 15) is 20.5 Å². The van der Waals surface area contributed by atoms with E-state index >= 15 is 0 Å². The average molecular weight is 458 g/mol. The van der Waals surface area contributed by atoms with Crippen molar-refractivity contribution >= 4 is 34.1 Å². The molecular weight excluding hydrogens is 447 g/mol. The molecule has 0 aliphatic heterocycles. The summed E-state index contributed by atoms with van der Waals surface area (Å²) in [5.41, 5.74) is 7.80. The fourth-order valence-electron chi connectivity index (χ4n) is 2.64. The van der Waals surface area contributed by atoms with Gasteiger partial charge in [-0.05, 0) is 39.8 Å². The summed E-state index contributed by atoms with van der Waals surface area (Å²) >= 11 is 1.81. The summed E-state index contributed by atoms with van der Waals surface area (Å²) < 4.78 is 0.296. The Hall–Kier alpha value is -3.19. The third kappa shape index (κ3) is 3.04. The van der Waals surface area contributed by atoms with Crippen LogP contribution in [0.3, 0.4) is 0 Å². The van der Waals surface area contributed by atoms with Crippen molar-refractivity contribution in [1.29, 1.82) is 5.26 Å². The van der Waals surface area contributed by atoms with Crippen LogP contribution in [0.25, 0.3) is 22.3 Å². The van der Waals surface area contributed by atoms with Gasteiger partial charge in [0.1, 0.15) is 17.5 Å². The van der Waals surface area contributed by atoms with E-state index in [0.29, 0.717) is 20.3 Å². The van der Waals surface area contributed by atoms with Gasteiger partial charge in [-0.3, -0.25) is 10.1 Å². The highest BCUT2D eigenvalue weighted by Gasteiger charge is 2.23. The van der Waals surface area contributed by atoms with Crippen LogP contribution in [0, 0.1) is 25.0 Å². The molecule has 0 saturated carbocycles. The number of nitrogens with two attached hydrogens (primary N) is 1. The molecule has 8 heteroatoms. The first-order chi connectivity index (χ1) is 12.4. The Morgan fingerprint density at radius 2 is 1.92 bits per heavy atom. The van der Waals surface area contributed by atoms with E-state index in [1.54, 1.807) is 6.07 Å². The van der Waals surface area contributed by atoms with Crippen LogP contribution in [0.4, 0.5) is 11.5 Å². The number of aromatic hydroxyl groups is 1. The number of nitrogens with zero attached hydrogens (tertiary/aromatic N) is 3. The van der Waals surface area contributed by atoms with Crippen LogP contribution in [0.5, 0.6) is 5.75 Å². The highest BCUT2D eigenvalue weighted by molar-refractivity contribution is 14.1. The van der Waals surface area contributed by atoms with Gasteiger partial charge in [0, 0.05) is 23.4 Å². The molecule has 0 spiro atoms. The third-order valence-corrected chi connectivity index (χ3v) is 4.66. The molecule has 0 aliphatic carbocycles. The number of halogens is 1. The van der Waals surface area contributed by atoms with E-state index in [4.69, 9.17) is 5.73 Å². The lowest BCUT2D eigenvalue weighted by molar-refractivity contribution is -0.385. The Bertz CT molecular complexity index is 1060. The number of nitrogen functional groups attached to an aromatic ring is 1. The molecule has 0 saturated heterocycles. The van der Waals surface area contributed by atoms with Gasteiger partial charge in [-0.2, -0.15) is 5.26 Å². The molecule has 0 radical (unpaired) electrons. The average Bonchev–Trinajstić information content (AvgIpc) is 2.64. The van der Waals surface area contributed by atoms with Gasteiger partial charge in [0.2, 0.25) is 5.75 Å². The number of hydrogen-bond acceptors (Lipinski definition) is 6. The Morgan fingerprint density at radius 3 is 2.54 bits per heavy atom. The number of phenolic OH excluding ortho intramolecular Hbond substituents is 1. The van der Waals surface area contributed by atoms with Crippen molar-refractivity contribution in [2.75, 3.05) is 5.73 Å². The molecule has 2 aromatic carbocycles. The zero-order chi connectivity index (χ0) is 18.8. The van der Waals surface area contributed by atoms with Crippen LogP contribution >= 0.6 is 22.6 Å². The molecular formula is C18H11IN4O3. The summed E-state index contributed by atoms with van der Waals surface area (Å²) in [5.74, 6) is -0.380. The van der Waals surface area contributed by atoms with E-state index in [2.05, 4.69) is 4.98 Å². The first kappa shape index (κ1) is 17.6. The molecule has 0 bridgehead atoms. The van der Waals surface area contributed by atoms with Gasteiger partial charge in [-0.15, -0.1) is 0 Å². The first-order valence-electron chi connectivity index (χ1n) is 7.35. The fraction of sp³-hybridized carbons (Fsp3) is 0. The minimum absolute atomic E-state index is 0.0351. The number of aromatic nitrogens is 1. The summed E-state index contributed by atoms with van der Waals surface area (Å²) in [6, 6.07) is 14.1. The number of phenols is 1. The fourth-order valence-corrected chi connectivity index (χ4v) is 3.26. The second-order valence-electron chi connectivity index (χ2n) is 5.37. The van der Waals surface area contributed by atoms with Gasteiger partial charge < -0.3 is 10.8 Å². The van der Waals surface area contributed by atoms with Crippen molar-refractivity contribution < 1.29 is 10.0 Å². The van der Waals surface area contributed by atoms with Crippen molar-refractivity contribution in [3.05, 3.63) is 67.9 Å². The maximum absolute atomic E-state index is 11.3. The van der Waals surface area contributed by atoms with Crippen LogP contribution in [0.2, 0.25) is 0 Å². The lowest BCUT2D eigenvalue weighted by atomic mass is 9.92. The van der Waals surface area contributed by atoms with Crippen molar-refractivity contribution in [1.82, 2.24) is 4.98 Å². The number of anilines is 1. The number of nitro benzene ring substituents is 1. The van der Waals surface area contributed by atoms with Crippen LogP contribution in [-0.4, -0.2) is 15.0 Å². The maximum Gasteiger partial charge on any atom is 0.312 e. The highest BCUT2D eigenvalue weighted by Crippen LogP contribution is 2.41. The number of hydrogen-bond donors (Lipinski definition) is 2. The van der Waals surface area contributed by atoms with Gasteiger partial charge in [-0.25, -0.2) is 4.98 Å². The second-order valence-corrected chi connectivity index (χ2v) is 6.53. The van der Waals surface area contributed by atoms with Gasteiger partial charge in [0.15, 0.2) is 0 Å². The topological polar surface area (TPSA) is 126 Å². The van der Waals surface area contributed by atoms with Gasteiger partial charge in [0.05, 0.1) is 8.49 Å². The predicted octanol–water partition coefficient (Wildman–Crippen LogP) is 4.09. The lowest BCUT2D eigenvalue weighted by Crippen LogP contribution is -2.01. The minimum atomic E-state index is -0.667. The standard InChI is InChI=1S/C18H11IN4O3/c19-14-6-11(7-15(17(14)24)23(25)26)16-12(8-20)18(21)22-9-13(16)10-4-2-1-3-5-10/h1-7,9,24H,(H2,21,22). The molecule has 0 unspecified atom stereocenters. The van der Waals surface area contributed by atoms with Gasteiger partial charge >= 0.3 is 5.69 Å². The van der Waals surface area contributed by atoms with E-state index in [-0.39, 0.29) is 11.4 Å². The number of benzene rings is 2. The normalized spacial score (nSPS) is 10.3. The highest BCUT2D eigenvalue weighted by atomic mass is 127. The van der Waals surface area contributed by atoms with Crippen LogP contribution < -0.4 is 5.73 Å². The Kier molecular flexibility index (Phi) is 4.73. The molecule has 128 valence electrons. The summed E-state index contributed by atoms with van der Waals surface area (Å²) in [4.78, 5) is 14.7. The van der Waals surface area contributed by atoms with E-state index in [1.807, 2.05) is 59.0 Å². The Balaban J connectivity index is 2.40. The van der Waals surface area contributed by atoms with Crippen molar-refractivity contribution in [2.45, 2.75) is 0 Å². The largest absolute Gasteiger partial charge is 0.501 e. The zero-order valence-corrected chi connectivity index (χ0v) is 15.3. The van der Waals surface area contributed by atoms with Gasteiger partial charge in [0.25, 0.3) is 0 Å². The number of nitro groups is 1. The SMILES string of the molecule is N#Cc1c(N)ncc(-c2ccccc2)c1-c1cc(I)c(O)c([N+](=O)[O-])c1. The lowest BCUT2D eigenvalue weighted by Gasteiger charge is -2.14. The quantitative estimate of drug-likeness (QED) is 0.346. The summed E-state index contributed by atoms with van der Waals surface area (Å²) in [7, 11) is 0.